The molecule has 3 atom stereocenters. The van der Waals surface area contributed by atoms with Crippen LogP contribution in [0.4, 0.5) is 0 Å². The molecule has 4 nitrogen and oxygen atoms in total. The summed E-state index contributed by atoms with van der Waals surface area (Å²) in [6.07, 6.45) is 6.51. The average molecular weight is 254 g/mol. The van der Waals surface area contributed by atoms with Crippen LogP contribution in [0.3, 0.4) is 0 Å². The summed E-state index contributed by atoms with van der Waals surface area (Å²) >= 11 is 5.01. The minimum absolute atomic E-state index is 0.108. The SMILES string of the molecule is COC(=S)N(C)N(C)C(=O)[C@H]1C[C@H]2C=C[C@@H]1C2. The number of fused-ring (bicyclic) bond motifs is 2. The Morgan fingerprint density at radius 2 is 2.00 bits per heavy atom. The van der Waals surface area contributed by atoms with Crippen LogP contribution in [-0.4, -0.2) is 42.3 Å². The van der Waals surface area contributed by atoms with Crippen molar-refractivity contribution in [3.63, 3.8) is 0 Å². The molecule has 0 unspecified atom stereocenters. The summed E-state index contributed by atoms with van der Waals surface area (Å²) in [4.78, 5) is 12.3. The maximum Gasteiger partial charge on any atom is 0.278 e. The molecule has 94 valence electrons. The second-order valence-corrected chi connectivity index (χ2v) is 5.09. The fourth-order valence-corrected chi connectivity index (χ4v) is 2.83. The Hall–Kier alpha value is -1.10. The largest absolute Gasteiger partial charge is 0.473 e. The zero-order valence-corrected chi connectivity index (χ0v) is 11.2. The van der Waals surface area contributed by atoms with Gasteiger partial charge in [-0.15, -0.1) is 0 Å². The third-order valence-electron chi connectivity index (χ3n) is 3.80. The number of methoxy groups -OCH3 is 1. The molecule has 17 heavy (non-hydrogen) atoms. The standard InChI is InChI=1S/C12H18N2O2S/c1-13(14(2)12(17)16-3)11(15)10-7-8-4-5-9(10)6-8/h4-5,8-10H,6-7H2,1-3H3/t8-,9+,10-/m0/s1. The molecule has 0 spiro atoms. The molecule has 0 aliphatic heterocycles. The number of thiocarbonyl (C=S) groups is 1. The van der Waals surface area contributed by atoms with Gasteiger partial charge in [0, 0.05) is 20.0 Å². The van der Waals surface area contributed by atoms with Crippen molar-refractivity contribution in [2.75, 3.05) is 21.2 Å². The van der Waals surface area contributed by atoms with Gasteiger partial charge in [0.15, 0.2) is 0 Å². The molecular weight excluding hydrogens is 236 g/mol. The van der Waals surface area contributed by atoms with Gasteiger partial charge in [-0.2, -0.15) is 0 Å². The molecule has 2 aliphatic rings. The number of amides is 1. The van der Waals surface area contributed by atoms with Crippen molar-refractivity contribution in [1.29, 1.82) is 0 Å². The van der Waals surface area contributed by atoms with Crippen LogP contribution in [0.25, 0.3) is 0 Å². The highest BCUT2D eigenvalue weighted by atomic mass is 32.1. The first kappa shape index (κ1) is 12.4. The fraction of sp³-hybridized carbons (Fsp3) is 0.667. The van der Waals surface area contributed by atoms with Gasteiger partial charge >= 0.3 is 0 Å². The third kappa shape index (κ3) is 2.16. The zero-order valence-electron chi connectivity index (χ0n) is 10.4. The van der Waals surface area contributed by atoms with Crippen LogP contribution in [0, 0.1) is 17.8 Å². The molecule has 0 heterocycles. The highest BCUT2D eigenvalue weighted by Gasteiger charge is 2.41. The van der Waals surface area contributed by atoms with Crippen LogP contribution in [0.15, 0.2) is 12.2 Å². The van der Waals surface area contributed by atoms with Gasteiger partial charge in [0.05, 0.1) is 7.11 Å². The van der Waals surface area contributed by atoms with E-state index in [2.05, 4.69) is 12.2 Å². The number of carbonyl (C=O) groups excluding carboxylic acids is 1. The molecule has 2 bridgehead atoms. The molecule has 1 fully saturated rings. The minimum Gasteiger partial charge on any atom is -0.473 e. The molecule has 0 radical (unpaired) electrons. The third-order valence-corrected chi connectivity index (χ3v) is 4.23. The summed E-state index contributed by atoms with van der Waals surface area (Å²) in [5.41, 5.74) is 0. The Morgan fingerprint density at radius 1 is 1.29 bits per heavy atom. The van der Waals surface area contributed by atoms with Crippen molar-refractivity contribution in [3.8, 4) is 0 Å². The van der Waals surface area contributed by atoms with E-state index in [1.54, 1.807) is 24.1 Å². The van der Waals surface area contributed by atoms with E-state index in [-0.39, 0.29) is 11.8 Å². The van der Waals surface area contributed by atoms with Gasteiger partial charge < -0.3 is 4.74 Å². The van der Waals surface area contributed by atoms with Crippen LogP contribution < -0.4 is 0 Å². The van der Waals surface area contributed by atoms with Gasteiger partial charge in [-0.1, -0.05) is 12.2 Å². The Labute approximate surface area is 107 Å². The van der Waals surface area contributed by atoms with Crippen molar-refractivity contribution >= 4 is 23.3 Å². The molecule has 0 aromatic heterocycles. The highest BCUT2D eigenvalue weighted by Crippen LogP contribution is 2.44. The van der Waals surface area contributed by atoms with Crippen LogP contribution in [-0.2, 0) is 9.53 Å². The van der Waals surface area contributed by atoms with Crippen molar-refractivity contribution in [2.45, 2.75) is 12.8 Å². The highest BCUT2D eigenvalue weighted by molar-refractivity contribution is 7.79. The number of carbonyl (C=O) groups is 1. The summed E-state index contributed by atoms with van der Waals surface area (Å²) in [6, 6.07) is 0. The second kappa shape index (κ2) is 4.64. The van der Waals surface area contributed by atoms with Gasteiger partial charge in [0.1, 0.15) is 0 Å². The van der Waals surface area contributed by atoms with E-state index in [4.69, 9.17) is 17.0 Å². The van der Waals surface area contributed by atoms with Crippen molar-refractivity contribution in [2.24, 2.45) is 17.8 Å². The van der Waals surface area contributed by atoms with Gasteiger partial charge in [0.2, 0.25) is 5.91 Å². The first-order valence-electron chi connectivity index (χ1n) is 5.82. The van der Waals surface area contributed by atoms with Crippen LogP contribution in [0.5, 0.6) is 0 Å². The summed E-state index contributed by atoms with van der Waals surface area (Å²) < 4.78 is 4.96. The van der Waals surface area contributed by atoms with E-state index in [0.717, 1.165) is 12.8 Å². The van der Waals surface area contributed by atoms with Crippen molar-refractivity contribution < 1.29 is 9.53 Å². The minimum atomic E-state index is 0.108. The average Bonchev–Trinajstić information content (AvgIpc) is 2.97. The van der Waals surface area contributed by atoms with E-state index in [0.29, 0.717) is 17.0 Å². The number of rotatable bonds is 1. The predicted octanol–water partition coefficient (Wildman–Crippen LogP) is 1.44. The van der Waals surface area contributed by atoms with Crippen LogP contribution in [0.1, 0.15) is 12.8 Å². The first-order valence-corrected chi connectivity index (χ1v) is 6.23. The Morgan fingerprint density at radius 3 is 2.47 bits per heavy atom. The van der Waals surface area contributed by atoms with Gasteiger partial charge in [-0.25, -0.2) is 5.01 Å². The lowest BCUT2D eigenvalue weighted by atomic mass is 9.93. The van der Waals surface area contributed by atoms with Crippen LogP contribution in [0.2, 0.25) is 0 Å². The first-order chi connectivity index (χ1) is 8.04. The molecule has 0 N–H and O–H groups in total. The number of hydrazine groups is 1. The number of nitrogens with zero attached hydrogens (tertiary/aromatic N) is 2. The van der Waals surface area contributed by atoms with Crippen molar-refractivity contribution in [3.05, 3.63) is 12.2 Å². The van der Waals surface area contributed by atoms with Gasteiger partial charge in [-0.05, 0) is 36.9 Å². The molecular formula is C12H18N2O2S. The van der Waals surface area contributed by atoms with Gasteiger partial charge in [0.25, 0.3) is 5.17 Å². The summed E-state index contributed by atoms with van der Waals surface area (Å²) in [5, 5.41) is 3.44. The molecule has 2 aliphatic carbocycles. The summed E-state index contributed by atoms with van der Waals surface area (Å²) in [7, 11) is 4.99. The topological polar surface area (TPSA) is 32.8 Å². The molecule has 1 saturated carbocycles. The Bertz CT molecular complexity index is 370. The van der Waals surface area contributed by atoms with Crippen LogP contribution >= 0.6 is 12.2 Å². The summed E-state index contributed by atoms with van der Waals surface area (Å²) in [5.74, 6) is 1.25. The number of hydrogen-bond acceptors (Lipinski definition) is 3. The zero-order chi connectivity index (χ0) is 12.6. The number of hydrogen-bond donors (Lipinski definition) is 0. The predicted molar refractivity (Wildman–Crippen MR) is 69.0 cm³/mol. The summed E-state index contributed by atoms with van der Waals surface area (Å²) in [6.45, 7) is 0. The second-order valence-electron chi connectivity index (χ2n) is 4.74. The molecule has 1 amide bonds. The van der Waals surface area contributed by atoms with Crippen molar-refractivity contribution in [1.82, 2.24) is 10.0 Å². The van der Waals surface area contributed by atoms with Gasteiger partial charge in [-0.3, -0.25) is 9.80 Å². The molecule has 2 rings (SSSR count). The van der Waals surface area contributed by atoms with E-state index in [1.807, 2.05) is 0 Å². The molecule has 0 aromatic rings. The van der Waals surface area contributed by atoms with E-state index < -0.39 is 0 Å². The Kier molecular flexibility index (Phi) is 3.38. The smallest absolute Gasteiger partial charge is 0.278 e. The monoisotopic (exact) mass is 254 g/mol. The normalized spacial score (nSPS) is 29.2. The Balaban J connectivity index is 2.00. The molecule has 0 saturated heterocycles. The van der Waals surface area contributed by atoms with E-state index in [1.165, 1.54) is 7.11 Å². The lowest BCUT2D eigenvalue weighted by Gasteiger charge is -2.32. The number of ether oxygens (including phenoxy) is 1. The number of allylic oxidation sites excluding steroid dienone is 2. The van der Waals surface area contributed by atoms with E-state index >= 15 is 0 Å². The fourth-order valence-electron chi connectivity index (χ4n) is 2.71. The lowest BCUT2D eigenvalue weighted by molar-refractivity contribution is -0.144. The maximum absolute atomic E-state index is 12.3. The molecule has 5 heteroatoms. The maximum atomic E-state index is 12.3. The quantitative estimate of drug-likeness (QED) is 0.403. The molecule has 0 aromatic carbocycles. The van der Waals surface area contributed by atoms with E-state index in [9.17, 15) is 4.79 Å². The lowest BCUT2D eigenvalue weighted by Crippen LogP contribution is -2.47.